The van der Waals surface area contributed by atoms with Gasteiger partial charge in [0, 0.05) is 18.0 Å². The summed E-state index contributed by atoms with van der Waals surface area (Å²) >= 11 is 0. The normalized spacial score (nSPS) is 16.1. The van der Waals surface area contributed by atoms with Crippen molar-refractivity contribution in [3.05, 3.63) is 89.5 Å². The van der Waals surface area contributed by atoms with Crippen LogP contribution in [0.1, 0.15) is 29.5 Å². The van der Waals surface area contributed by atoms with E-state index < -0.39 is 0 Å². The lowest BCUT2D eigenvalue weighted by atomic mass is 9.78. The summed E-state index contributed by atoms with van der Waals surface area (Å²) < 4.78 is 0. The number of aryl methyl sites for hydroxylation is 2. The van der Waals surface area contributed by atoms with Gasteiger partial charge in [-0.1, -0.05) is 60.7 Å². The predicted octanol–water partition coefficient (Wildman–Crippen LogP) is 5.88. The Labute approximate surface area is 171 Å². The third-order valence-corrected chi connectivity index (χ3v) is 6.44. The van der Waals surface area contributed by atoms with E-state index in [0.717, 1.165) is 31.4 Å². The molecule has 0 fully saturated rings. The summed E-state index contributed by atoms with van der Waals surface area (Å²) in [5, 5.41) is 5.28. The summed E-state index contributed by atoms with van der Waals surface area (Å²) in [4.78, 5) is 12.9. The van der Waals surface area contributed by atoms with E-state index in [1.807, 2.05) is 24.3 Å². The number of carbonyl (C=O) groups is 1. The van der Waals surface area contributed by atoms with Gasteiger partial charge in [0.05, 0.1) is 0 Å². The number of fused-ring (bicyclic) bond motifs is 5. The molecule has 0 spiro atoms. The molecule has 1 aliphatic carbocycles. The van der Waals surface area contributed by atoms with Crippen LogP contribution in [0.4, 0.5) is 5.69 Å². The molecule has 2 N–H and O–H groups in total. The number of hydrogen-bond acceptors (Lipinski definition) is 2. The number of carbonyl (C=O) groups excluding carboxylic acids is 1. The Hall–Kier alpha value is -3.13. The van der Waals surface area contributed by atoms with Gasteiger partial charge in [-0.15, -0.1) is 0 Å². The van der Waals surface area contributed by atoms with Gasteiger partial charge in [-0.2, -0.15) is 0 Å². The number of ketones is 1. The number of hydrogen-bond donors (Lipinski definition) is 1. The maximum Gasteiger partial charge on any atom is 0.136 e. The van der Waals surface area contributed by atoms with Crippen LogP contribution in [0.25, 0.3) is 21.5 Å². The van der Waals surface area contributed by atoms with E-state index in [-0.39, 0.29) is 5.92 Å². The molecule has 0 saturated carbocycles. The molecule has 2 nitrogen and oxygen atoms in total. The van der Waals surface area contributed by atoms with E-state index in [9.17, 15) is 4.79 Å². The number of Topliss-reactive ketones (excluding diaryl/α,β-unsaturated/α-hetero) is 1. The third-order valence-electron chi connectivity index (χ3n) is 6.44. The molecule has 0 heterocycles. The molecule has 0 aromatic heterocycles. The van der Waals surface area contributed by atoms with E-state index in [1.54, 1.807) is 0 Å². The second-order valence-electron chi connectivity index (χ2n) is 8.23. The van der Waals surface area contributed by atoms with Crippen LogP contribution >= 0.6 is 0 Å². The number of benzene rings is 4. The van der Waals surface area contributed by atoms with Crippen LogP contribution in [0.2, 0.25) is 0 Å². The smallest absolute Gasteiger partial charge is 0.136 e. The minimum absolute atomic E-state index is 0.147. The van der Waals surface area contributed by atoms with Crippen LogP contribution in [0.3, 0.4) is 0 Å². The van der Waals surface area contributed by atoms with Crippen LogP contribution in [-0.4, -0.2) is 5.78 Å². The molecule has 29 heavy (non-hydrogen) atoms. The van der Waals surface area contributed by atoms with Crippen molar-refractivity contribution < 1.29 is 4.79 Å². The highest BCUT2D eigenvalue weighted by Gasteiger charge is 2.25. The maximum atomic E-state index is 12.9. The first-order valence-electron chi connectivity index (χ1n) is 10.5. The Kier molecular flexibility index (Phi) is 4.55. The highest BCUT2D eigenvalue weighted by molar-refractivity contribution is 6.08. The lowest BCUT2D eigenvalue weighted by Gasteiger charge is -2.25. The number of anilines is 1. The Bertz CT molecular complexity index is 1210. The van der Waals surface area contributed by atoms with Gasteiger partial charge in [0.1, 0.15) is 5.78 Å². The van der Waals surface area contributed by atoms with Crippen LogP contribution in [0.15, 0.2) is 72.8 Å². The highest BCUT2D eigenvalue weighted by Crippen LogP contribution is 2.35. The zero-order valence-electron chi connectivity index (χ0n) is 16.5. The summed E-state index contributed by atoms with van der Waals surface area (Å²) in [6.45, 7) is 0. The van der Waals surface area contributed by atoms with E-state index in [2.05, 4.69) is 48.5 Å². The fourth-order valence-corrected chi connectivity index (χ4v) is 4.80. The molecule has 0 aliphatic heterocycles. The van der Waals surface area contributed by atoms with Crippen LogP contribution in [-0.2, 0) is 24.1 Å². The van der Waals surface area contributed by atoms with Gasteiger partial charge in [0.25, 0.3) is 0 Å². The lowest BCUT2D eigenvalue weighted by Crippen LogP contribution is -2.23. The molecule has 0 saturated heterocycles. The topological polar surface area (TPSA) is 43.1 Å². The first kappa shape index (κ1) is 17.9. The first-order valence-corrected chi connectivity index (χ1v) is 10.5. The number of rotatable bonds is 4. The highest BCUT2D eigenvalue weighted by atomic mass is 16.1. The average molecular weight is 380 g/mol. The standard InChI is InChI=1S/C27H25NO/c28-22-11-5-18(6-12-22)7-16-27(29)21-10-13-24-20(17-21)9-15-25-23-4-2-1-3-19(23)8-14-26(24)25/h1-6,8-9,11-12,14-15,21H,7,10,13,16-17,28H2. The Morgan fingerprint density at radius 1 is 0.862 bits per heavy atom. The minimum Gasteiger partial charge on any atom is -0.399 e. The van der Waals surface area contributed by atoms with E-state index in [4.69, 9.17) is 5.73 Å². The molecule has 144 valence electrons. The summed E-state index contributed by atoms with van der Waals surface area (Å²) in [5.41, 5.74) is 10.5. The molecule has 0 amide bonds. The summed E-state index contributed by atoms with van der Waals surface area (Å²) in [6.07, 6.45) is 4.23. The zero-order chi connectivity index (χ0) is 19.8. The van der Waals surface area contributed by atoms with E-state index in [0.29, 0.717) is 12.2 Å². The maximum absolute atomic E-state index is 12.9. The third kappa shape index (κ3) is 3.40. The molecule has 4 aromatic carbocycles. The number of nitrogen functional groups attached to an aromatic ring is 1. The van der Waals surface area contributed by atoms with Gasteiger partial charge in [-0.05, 0) is 76.1 Å². The van der Waals surface area contributed by atoms with Gasteiger partial charge in [-0.3, -0.25) is 4.79 Å². The van der Waals surface area contributed by atoms with Gasteiger partial charge in [-0.25, -0.2) is 0 Å². The lowest BCUT2D eigenvalue weighted by molar-refractivity contribution is -0.123. The monoisotopic (exact) mass is 379 g/mol. The molecule has 1 atom stereocenters. The Morgan fingerprint density at radius 3 is 2.52 bits per heavy atom. The van der Waals surface area contributed by atoms with Crippen LogP contribution in [0.5, 0.6) is 0 Å². The van der Waals surface area contributed by atoms with Crippen molar-refractivity contribution in [2.45, 2.75) is 32.1 Å². The SMILES string of the molecule is Nc1ccc(CCC(=O)C2CCc3c(ccc4c3ccc3ccccc34)C2)cc1. The predicted molar refractivity (Wildman–Crippen MR) is 121 cm³/mol. The van der Waals surface area contributed by atoms with Gasteiger partial charge < -0.3 is 5.73 Å². The minimum atomic E-state index is 0.147. The molecule has 5 rings (SSSR count). The van der Waals surface area contributed by atoms with Crippen molar-refractivity contribution in [1.82, 2.24) is 0 Å². The second kappa shape index (κ2) is 7.36. The average Bonchev–Trinajstić information content (AvgIpc) is 2.77. The van der Waals surface area contributed by atoms with Crippen molar-refractivity contribution in [2.24, 2.45) is 5.92 Å². The first-order chi connectivity index (χ1) is 14.2. The molecule has 1 unspecified atom stereocenters. The number of nitrogens with two attached hydrogens (primary N) is 1. The Morgan fingerprint density at radius 2 is 1.66 bits per heavy atom. The molecule has 1 aliphatic rings. The van der Waals surface area contributed by atoms with E-state index >= 15 is 0 Å². The molecular formula is C27H25NO. The van der Waals surface area contributed by atoms with Crippen molar-refractivity contribution in [2.75, 3.05) is 5.73 Å². The fourth-order valence-electron chi connectivity index (χ4n) is 4.80. The van der Waals surface area contributed by atoms with Gasteiger partial charge in [0.2, 0.25) is 0 Å². The van der Waals surface area contributed by atoms with Crippen molar-refractivity contribution in [1.29, 1.82) is 0 Å². The largest absolute Gasteiger partial charge is 0.399 e. The van der Waals surface area contributed by atoms with E-state index in [1.165, 1.54) is 38.2 Å². The molecular weight excluding hydrogens is 354 g/mol. The molecule has 0 radical (unpaired) electrons. The summed E-state index contributed by atoms with van der Waals surface area (Å²) in [6, 6.07) is 25.4. The quantitative estimate of drug-likeness (QED) is 0.355. The summed E-state index contributed by atoms with van der Waals surface area (Å²) in [7, 11) is 0. The fraction of sp³-hybridized carbons (Fsp3) is 0.222. The zero-order valence-corrected chi connectivity index (χ0v) is 16.5. The van der Waals surface area contributed by atoms with Crippen molar-refractivity contribution in [3.8, 4) is 0 Å². The van der Waals surface area contributed by atoms with Gasteiger partial charge in [0.15, 0.2) is 0 Å². The second-order valence-corrected chi connectivity index (χ2v) is 8.23. The Balaban J connectivity index is 1.36. The summed E-state index contributed by atoms with van der Waals surface area (Å²) in [5.74, 6) is 0.542. The van der Waals surface area contributed by atoms with Crippen LogP contribution in [0, 0.1) is 5.92 Å². The van der Waals surface area contributed by atoms with Crippen LogP contribution < -0.4 is 5.73 Å². The molecule has 4 aromatic rings. The molecule has 2 heteroatoms. The van der Waals surface area contributed by atoms with Crippen molar-refractivity contribution >= 4 is 33.0 Å². The van der Waals surface area contributed by atoms with Crippen molar-refractivity contribution in [3.63, 3.8) is 0 Å². The molecule has 0 bridgehead atoms. The van der Waals surface area contributed by atoms with Gasteiger partial charge >= 0.3 is 0 Å².